The molecule has 0 bridgehead atoms. The van der Waals surface area contributed by atoms with E-state index in [0.717, 1.165) is 6.07 Å². The van der Waals surface area contributed by atoms with Crippen molar-refractivity contribution < 1.29 is 14.8 Å². The van der Waals surface area contributed by atoms with Crippen LogP contribution in [0.15, 0.2) is 18.2 Å². The zero-order chi connectivity index (χ0) is 16.0. The number of amides is 2. The first-order chi connectivity index (χ1) is 9.79. The number of carbonyl (C=O) groups excluding carboxylic acids is 1. The average molecular weight is 316 g/mol. The van der Waals surface area contributed by atoms with E-state index < -0.39 is 17.1 Å². The zero-order valence-electron chi connectivity index (χ0n) is 11.8. The maximum absolute atomic E-state index is 11.6. The molecule has 7 nitrogen and oxygen atoms in total. The van der Waals surface area contributed by atoms with Gasteiger partial charge in [0.15, 0.2) is 0 Å². The Morgan fingerprint density at radius 1 is 1.48 bits per heavy atom. The van der Waals surface area contributed by atoms with Crippen molar-refractivity contribution in [1.29, 1.82) is 0 Å². The smallest absolute Gasteiger partial charge is 0.319 e. The van der Waals surface area contributed by atoms with E-state index in [0.29, 0.717) is 12.3 Å². The number of nitro groups is 1. The number of non-ortho nitro benzene ring substituents is 1. The molecule has 116 valence electrons. The van der Waals surface area contributed by atoms with Crippen molar-refractivity contribution in [2.75, 3.05) is 11.9 Å². The molecule has 1 aromatic rings. The molecule has 0 saturated carbocycles. The molecule has 3 N–H and O–H groups in total. The Kier molecular flexibility index (Phi) is 6.39. The Bertz CT molecular complexity index is 522. The predicted octanol–water partition coefficient (Wildman–Crippen LogP) is 2.78. The topological polar surface area (TPSA) is 104 Å². The van der Waals surface area contributed by atoms with E-state index in [4.69, 9.17) is 11.6 Å². The highest BCUT2D eigenvalue weighted by molar-refractivity contribution is 6.33. The predicted molar refractivity (Wildman–Crippen MR) is 80.6 cm³/mol. The van der Waals surface area contributed by atoms with Crippen LogP contribution in [0.3, 0.4) is 0 Å². The Hall–Kier alpha value is -1.86. The van der Waals surface area contributed by atoms with Crippen LogP contribution in [-0.2, 0) is 0 Å². The highest BCUT2D eigenvalue weighted by Crippen LogP contribution is 2.26. The van der Waals surface area contributed by atoms with Gasteiger partial charge in [0.05, 0.1) is 21.7 Å². The SMILES string of the molecule is CC(C)CC(O)CNC(=O)Nc1ccc([N+](=O)[O-])cc1Cl. The van der Waals surface area contributed by atoms with Gasteiger partial charge in [-0.05, 0) is 18.4 Å². The number of carbonyl (C=O) groups is 1. The van der Waals surface area contributed by atoms with E-state index in [1.807, 2.05) is 13.8 Å². The van der Waals surface area contributed by atoms with Crippen LogP contribution in [0.25, 0.3) is 0 Å². The summed E-state index contributed by atoms with van der Waals surface area (Å²) in [5.41, 5.74) is 0.108. The molecule has 21 heavy (non-hydrogen) atoms. The fourth-order valence-electron chi connectivity index (χ4n) is 1.72. The summed E-state index contributed by atoms with van der Waals surface area (Å²) in [6, 6.07) is 3.22. The molecule has 0 aromatic heterocycles. The molecular weight excluding hydrogens is 298 g/mol. The normalized spacial score (nSPS) is 12.0. The summed E-state index contributed by atoms with van der Waals surface area (Å²) in [6.45, 7) is 4.06. The summed E-state index contributed by atoms with van der Waals surface area (Å²) >= 11 is 5.85. The number of urea groups is 1. The Balaban J connectivity index is 2.53. The van der Waals surface area contributed by atoms with Crippen molar-refractivity contribution in [3.8, 4) is 0 Å². The minimum Gasteiger partial charge on any atom is -0.391 e. The lowest BCUT2D eigenvalue weighted by atomic mass is 10.1. The van der Waals surface area contributed by atoms with Gasteiger partial charge in [0.2, 0.25) is 0 Å². The number of aliphatic hydroxyl groups excluding tert-OH is 1. The third kappa shape index (κ3) is 5.97. The fraction of sp³-hybridized carbons (Fsp3) is 0.462. The second kappa shape index (κ2) is 7.80. The first kappa shape index (κ1) is 17.2. The van der Waals surface area contributed by atoms with Crippen molar-refractivity contribution in [1.82, 2.24) is 5.32 Å². The van der Waals surface area contributed by atoms with E-state index in [1.165, 1.54) is 12.1 Å². The molecule has 0 saturated heterocycles. The fourth-order valence-corrected chi connectivity index (χ4v) is 1.95. The van der Waals surface area contributed by atoms with Crippen LogP contribution in [0.1, 0.15) is 20.3 Å². The standard InChI is InChI=1S/C13H18ClN3O4/c1-8(2)5-10(18)7-15-13(19)16-12-4-3-9(17(20)21)6-11(12)14/h3-4,6,8,10,18H,5,7H2,1-2H3,(H2,15,16,19). The van der Waals surface area contributed by atoms with Gasteiger partial charge in [-0.25, -0.2) is 4.79 Å². The van der Waals surface area contributed by atoms with Gasteiger partial charge in [-0.15, -0.1) is 0 Å². The van der Waals surface area contributed by atoms with E-state index in [-0.39, 0.29) is 22.9 Å². The maximum atomic E-state index is 11.6. The van der Waals surface area contributed by atoms with Crippen molar-refractivity contribution in [2.24, 2.45) is 5.92 Å². The number of rotatable bonds is 6. The van der Waals surface area contributed by atoms with Gasteiger partial charge in [0.1, 0.15) is 0 Å². The lowest BCUT2D eigenvalue weighted by Crippen LogP contribution is -2.35. The van der Waals surface area contributed by atoms with E-state index in [2.05, 4.69) is 10.6 Å². The third-order valence-corrected chi connectivity index (χ3v) is 2.97. The van der Waals surface area contributed by atoms with Crippen LogP contribution in [-0.4, -0.2) is 28.7 Å². The quantitative estimate of drug-likeness (QED) is 0.554. The van der Waals surface area contributed by atoms with Crippen LogP contribution in [0.4, 0.5) is 16.2 Å². The number of nitrogens with zero attached hydrogens (tertiary/aromatic N) is 1. The molecule has 0 aliphatic carbocycles. The van der Waals surface area contributed by atoms with Gasteiger partial charge in [-0.2, -0.15) is 0 Å². The molecule has 1 unspecified atom stereocenters. The summed E-state index contributed by atoms with van der Waals surface area (Å²) in [5.74, 6) is 0.328. The van der Waals surface area contributed by atoms with Crippen LogP contribution in [0.5, 0.6) is 0 Å². The second-order valence-corrected chi connectivity index (χ2v) is 5.45. The van der Waals surface area contributed by atoms with Crippen molar-refractivity contribution in [3.63, 3.8) is 0 Å². The van der Waals surface area contributed by atoms with Crippen LogP contribution < -0.4 is 10.6 Å². The molecule has 0 aliphatic rings. The number of nitro benzene ring substituents is 1. The van der Waals surface area contributed by atoms with E-state index in [1.54, 1.807) is 0 Å². The molecule has 0 fully saturated rings. The number of nitrogens with one attached hydrogen (secondary N) is 2. The van der Waals surface area contributed by atoms with Gasteiger partial charge in [0.25, 0.3) is 5.69 Å². The van der Waals surface area contributed by atoms with Crippen LogP contribution in [0, 0.1) is 16.0 Å². The zero-order valence-corrected chi connectivity index (χ0v) is 12.6. The largest absolute Gasteiger partial charge is 0.391 e. The monoisotopic (exact) mass is 315 g/mol. The molecule has 1 aromatic carbocycles. The van der Waals surface area contributed by atoms with Gasteiger partial charge in [-0.3, -0.25) is 10.1 Å². The highest BCUT2D eigenvalue weighted by Gasteiger charge is 2.12. The van der Waals surface area contributed by atoms with E-state index >= 15 is 0 Å². The van der Waals surface area contributed by atoms with Crippen LogP contribution >= 0.6 is 11.6 Å². The lowest BCUT2D eigenvalue weighted by Gasteiger charge is -2.14. The molecule has 2 amide bonds. The van der Waals surface area contributed by atoms with Crippen molar-refractivity contribution in [2.45, 2.75) is 26.4 Å². The Morgan fingerprint density at radius 3 is 2.67 bits per heavy atom. The van der Waals surface area contributed by atoms with Gasteiger partial charge >= 0.3 is 6.03 Å². The van der Waals surface area contributed by atoms with Crippen LogP contribution in [0.2, 0.25) is 5.02 Å². The molecule has 0 radical (unpaired) electrons. The average Bonchev–Trinajstić information content (AvgIpc) is 2.37. The highest BCUT2D eigenvalue weighted by atomic mass is 35.5. The number of hydrogen-bond donors (Lipinski definition) is 3. The number of hydrogen-bond acceptors (Lipinski definition) is 4. The number of halogens is 1. The third-order valence-electron chi connectivity index (χ3n) is 2.65. The number of aliphatic hydroxyl groups is 1. The van der Waals surface area contributed by atoms with Gasteiger partial charge in [-0.1, -0.05) is 25.4 Å². The molecule has 1 rings (SSSR count). The van der Waals surface area contributed by atoms with Crippen molar-refractivity contribution >= 4 is 29.0 Å². The summed E-state index contributed by atoms with van der Waals surface area (Å²) in [6.07, 6.45) is -0.0402. The first-order valence-corrected chi connectivity index (χ1v) is 6.84. The lowest BCUT2D eigenvalue weighted by molar-refractivity contribution is -0.384. The minimum absolute atomic E-state index is 0.0714. The molecule has 8 heteroatoms. The molecular formula is C13H18ClN3O4. The van der Waals surface area contributed by atoms with Crippen molar-refractivity contribution in [3.05, 3.63) is 33.3 Å². The minimum atomic E-state index is -0.622. The maximum Gasteiger partial charge on any atom is 0.319 e. The first-order valence-electron chi connectivity index (χ1n) is 6.46. The van der Waals surface area contributed by atoms with Gasteiger partial charge < -0.3 is 15.7 Å². The molecule has 0 heterocycles. The summed E-state index contributed by atoms with van der Waals surface area (Å²) in [5, 5.41) is 25.3. The number of anilines is 1. The Morgan fingerprint density at radius 2 is 2.14 bits per heavy atom. The molecule has 1 atom stereocenters. The summed E-state index contributed by atoms with van der Waals surface area (Å²) in [4.78, 5) is 21.6. The number of benzene rings is 1. The second-order valence-electron chi connectivity index (χ2n) is 5.04. The van der Waals surface area contributed by atoms with Gasteiger partial charge in [0, 0.05) is 18.7 Å². The van der Waals surface area contributed by atoms with E-state index in [9.17, 15) is 20.0 Å². The summed E-state index contributed by atoms with van der Waals surface area (Å²) < 4.78 is 0. The molecule has 0 aliphatic heterocycles. The summed E-state index contributed by atoms with van der Waals surface area (Å²) in [7, 11) is 0. The Labute approximate surface area is 127 Å². The molecule has 0 spiro atoms.